The Morgan fingerprint density at radius 2 is 1.94 bits per heavy atom. The smallest absolute Gasteiger partial charge is 0.311 e. The Hall–Kier alpha value is -1.47. The van der Waals surface area contributed by atoms with E-state index in [1.54, 1.807) is 11.3 Å². The molecule has 0 saturated heterocycles. The summed E-state index contributed by atoms with van der Waals surface area (Å²) in [6.07, 6.45) is 2.19. The van der Waals surface area contributed by atoms with Crippen LogP contribution in [0.5, 0.6) is 0 Å². The molecule has 3 rings (SSSR count). The van der Waals surface area contributed by atoms with Crippen molar-refractivity contribution in [2.45, 2.75) is 93.3 Å². The van der Waals surface area contributed by atoms with E-state index in [4.69, 9.17) is 9.72 Å². The molecule has 0 unspecified atom stereocenters. The Balaban J connectivity index is 1.80. The van der Waals surface area contributed by atoms with Gasteiger partial charge in [-0.1, -0.05) is 20.8 Å². The Labute approximate surface area is 203 Å². The third-order valence-electron chi connectivity index (χ3n) is 8.01. The molecule has 6 atom stereocenters. The van der Waals surface area contributed by atoms with Gasteiger partial charge in [-0.25, -0.2) is 4.98 Å². The molecule has 1 saturated carbocycles. The van der Waals surface area contributed by atoms with E-state index in [9.17, 15) is 14.7 Å². The van der Waals surface area contributed by atoms with Gasteiger partial charge in [-0.3, -0.25) is 9.59 Å². The van der Waals surface area contributed by atoms with Crippen molar-refractivity contribution in [2.24, 2.45) is 28.6 Å². The van der Waals surface area contributed by atoms with Crippen molar-refractivity contribution in [3.05, 3.63) is 15.6 Å². The number of aliphatic hydroxyl groups is 1. The van der Waals surface area contributed by atoms with Gasteiger partial charge in [-0.15, -0.1) is 11.3 Å². The fourth-order valence-corrected chi connectivity index (χ4v) is 7.29. The van der Waals surface area contributed by atoms with Crippen LogP contribution in [0.3, 0.4) is 0 Å². The molecular formula is C26H42N2O4S. The van der Waals surface area contributed by atoms with Crippen LogP contribution in [-0.4, -0.2) is 46.1 Å². The lowest BCUT2D eigenvalue weighted by atomic mass is 9.53. The Bertz CT molecular complexity index is 872. The first kappa shape index (κ1) is 26.1. The predicted molar refractivity (Wildman–Crippen MR) is 131 cm³/mol. The molecule has 1 aromatic heterocycles. The third kappa shape index (κ3) is 5.00. The predicted octanol–water partition coefficient (Wildman–Crippen LogP) is 4.79. The largest absolute Gasteiger partial charge is 0.458 e. The molecule has 186 valence electrons. The van der Waals surface area contributed by atoms with E-state index in [0.717, 1.165) is 30.0 Å². The molecule has 1 fully saturated rings. The van der Waals surface area contributed by atoms with Crippen LogP contribution in [0, 0.1) is 28.6 Å². The van der Waals surface area contributed by atoms with Gasteiger partial charge in [0.2, 0.25) is 5.91 Å². The van der Waals surface area contributed by atoms with Crippen molar-refractivity contribution in [3.63, 3.8) is 0 Å². The summed E-state index contributed by atoms with van der Waals surface area (Å²) in [4.78, 5) is 33.2. The van der Waals surface area contributed by atoms with Gasteiger partial charge in [0.05, 0.1) is 17.2 Å². The number of thiazole rings is 1. The Morgan fingerprint density at radius 1 is 1.30 bits per heavy atom. The first-order valence-electron chi connectivity index (χ1n) is 12.5. The van der Waals surface area contributed by atoms with Crippen molar-refractivity contribution in [2.75, 3.05) is 13.1 Å². The summed E-state index contributed by atoms with van der Waals surface area (Å²) in [6, 6.07) is 0. The monoisotopic (exact) mass is 478 g/mol. The second kappa shape index (κ2) is 9.65. The maximum absolute atomic E-state index is 13.0. The number of hydrogen-bond donors (Lipinski definition) is 1. The molecule has 1 N–H and O–H groups in total. The van der Waals surface area contributed by atoms with Crippen molar-refractivity contribution in [3.8, 4) is 0 Å². The first-order chi connectivity index (χ1) is 15.3. The summed E-state index contributed by atoms with van der Waals surface area (Å²) in [6.45, 7) is 17.6. The number of hydrogen-bond acceptors (Lipinski definition) is 6. The van der Waals surface area contributed by atoms with Crippen LogP contribution in [0.1, 0.15) is 89.7 Å². The second-order valence-corrected chi connectivity index (χ2v) is 12.5. The molecule has 0 aromatic carbocycles. The van der Waals surface area contributed by atoms with Gasteiger partial charge in [0.25, 0.3) is 0 Å². The quantitative estimate of drug-likeness (QED) is 0.595. The van der Waals surface area contributed by atoms with E-state index < -0.39 is 11.5 Å². The average Bonchev–Trinajstić information content (AvgIpc) is 3.14. The lowest BCUT2D eigenvalue weighted by Crippen LogP contribution is -2.53. The lowest BCUT2D eigenvalue weighted by molar-refractivity contribution is -0.154. The highest BCUT2D eigenvalue weighted by Gasteiger charge is 2.54. The van der Waals surface area contributed by atoms with E-state index in [-0.39, 0.29) is 47.6 Å². The standard InChI is InChI=1S/C26H42N2O4S/c1-9-28(10-2)23(30)15(3)17-11-12-26(8)13-18-21(16(4)20(26)22(17)29)27-19(33-18)14-32-24(31)25(5,6)7/h15-17,20,22,29H,9-14H2,1-8H3/t15-,16-,17-,20+,22-,26+/m0/s1. The molecule has 0 radical (unpaired) electrons. The third-order valence-corrected chi connectivity index (χ3v) is 9.06. The number of ether oxygens (including phenoxy) is 1. The van der Waals surface area contributed by atoms with Crippen molar-refractivity contribution < 1.29 is 19.4 Å². The number of amides is 1. The fraction of sp³-hybridized carbons (Fsp3) is 0.808. The van der Waals surface area contributed by atoms with E-state index in [0.29, 0.717) is 13.1 Å². The molecule has 2 aliphatic rings. The zero-order valence-electron chi connectivity index (χ0n) is 21.6. The molecule has 1 amide bonds. The summed E-state index contributed by atoms with van der Waals surface area (Å²) >= 11 is 1.64. The van der Waals surface area contributed by atoms with Gasteiger partial charge in [-0.2, -0.15) is 0 Å². The molecule has 1 aromatic rings. The zero-order chi connectivity index (χ0) is 24.7. The molecule has 6 nitrogen and oxygen atoms in total. The minimum atomic E-state index is -0.537. The fourth-order valence-electron chi connectivity index (χ4n) is 6.01. The van der Waals surface area contributed by atoms with Crippen molar-refractivity contribution >= 4 is 23.2 Å². The maximum Gasteiger partial charge on any atom is 0.311 e. The summed E-state index contributed by atoms with van der Waals surface area (Å²) in [5, 5.41) is 12.4. The van der Waals surface area contributed by atoms with Crippen molar-refractivity contribution in [1.82, 2.24) is 9.88 Å². The number of carbonyl (C=O) groups excluding carboxylic acids is 2. The summed E-state index contributed by atoms with van der Waals surface area (Å²) in [5.74, 6) is -0.159. The molecule has 33 heavy (non-hydrogen) atoms. The van der Waals surface area contributed by atoms with Gasteiger partial charge < -0.3 is 14.7 Å². The van der Waals surface area contributed by atoms with Crippen LogP contribution in [0.2, 0.25) is 0 Å². The Morgan fingerprint density at radius 3 is 2.52 bits per heavy atom. The number of fused-ring (bicyclic) bond motifs is 2. The van der Waals surface area contributed by atoms with Crippen LogP contribution in [0.15, 0.2) is 0 Å². The number of aliphatic hydroxyl groups excluding tert-OH is 1. The number of carbonyl (C=O) groups is 2. The van der Waals surface area contributed by atoms with Crippen LogP contribution in [0.4, 0.5) is 0 Å². The Kier molecular flexibility index (Phi) is 7.64. The van der Waals surface area contributed by atoms with Gasteiger partial charge in [0.15, 0.2) is 0 Å². The molecule has 0 bridgehead atoms. The van der Waals surface area contributed by atoms with E-state index in [2.05, 4.69) is 13.8 Å². The van der Waals surface area contributed by atoms with E-state index >= 15 is 0 Å². The summed E-state index contributed by atoms with van der Waals surface area (Å²) < 4.78 is 5.51. The normalized spacial score (nSPS) is 30.2. The number of rotatable bonds is 6. The molecule has 0 aliphatic heterocycles. The number of aromatic nitrogens is 1. The maximum atomic E-state index is 13.0. The first-order valence-corrected chi connectivity index (χ1v) is 13.3. The van der Waals surface area contributed by atoms with Crippen LogP contribution < -0.4 is 0 Å². The zero-order valence-corrected chi connectivity index (χ0v) is 22.4. The second-order valence-electron chi connectivity index (χ2n) is 11.4. The van der Waals surface area contributed by atoms with Gasteiger partial charge in [0.1, 0.15) is 11.6 Å². The van der Waals surface area contributed by atoms with Crippen LogP contribution in [-0.2, 0) is 27.4 Å². The highest BCUT2D eigenvalue weighted by molar-refractivity contribution is 7.11. The highest BCUT2D eigenvalue weighted by atomic mass is 32.1. The summed E-state index contributed by atoms with van der Waals surface area (Å²) in [7, 11) is 0. The van der Waals surface area contributed by atoms with E-state index in [1.807, 2.05) is 46.4 Å². The highest BCUT2D eigenvalue weighted by Crippen LogP contribution is 2.57. The number of nitrogens with zero attached hydrogens (tertiary/aromatic N) is 2. The van der Waals surface area contributed by atoms with Gasteiger partial charge >= 0.3 is 5.97 Å². The minimum absolute atomic E-state index is 0.0216. The molecule has 2 aliphatic carbocycles. The molecule has 7 heteroatoms. The van der Waals surface area contributed by atoms with Gasteiger partial charge in [0, 0.05) is 29.8 Å². The van der Waals surface area contributed by atoms with Crippen molar-refractivity contribution in [1.29, 1.82) is 0 Å². The SMILES string of the molecule is CCN(CC)C(=O)[C@@H](C)[C@@H]1CC[C@]2(C)Cc3sc(COC(=O)C(C)(C)C)nc3[C@@H](C)[C@@H]2[C@H]1O. The molecule has 0 spiro atoms. The number of esters is 1. The summed E-state index contributed by atoms with van der Waals surface area (Å²) in [5.41, 5.74) is 0.476. The van der Waals surface area contributed by atoms with E-state index in [1.165, 1.54) is 4.88 Å². The molecule has 1 heterocycles. The van der Waals surface area contributed by atoms with Gasteiger partial charge in [-0.05, 0) is 71.1 Å². The van der Waals surface area contributed by atoms with Crippen LogP contribution in [0.25, 0.3) is 0 Å². The lowest BCUT2D eigenvalue weighted by Gasteiger charge is -2.53. The van der Waals surface area contributed by atoms with Crippen LogP contribution >= 0.6 is 11.3 Å². The topological polar surface area (TPSA) is 79.7 Å². The minimum Gasteiger partial charge on any atom is -0.458 e. The molecular weight excluding hydrogens is 436 g/mol. The average molecular weight is 479 g/mol.